The number of hydrogen-bond donors (Lipinski definition) is 4. The average Bonchev–Trinajstić information content (AvgIpc) is 0.840. The number of aliphatic hydroxyl groups is 1. The number of aromatic nitrogens is 1. The second kappa shape index (κ2) is 72.5. The van der Waals surface area contributed by atoms with Gasteiger partial charge in [-0.3, -0.25) is 31.2 Å². The van der Waals surface area contributed by atoms with Crippen LogP contribution in [0.2, 0.25) is 0 Å². The molecule has 0 unspecified atom stereocenters. The maximum atomic E-state index is 12.1. The molecule has 1 aromatic rings. The van der Waals surface area contributed by atoms with Gasteiger partial charge in [0.05, 0.1) is 52.1 Å². The van der Waals surface area contributed by atoms with Gasteiger partial charge in [0.2, 0.25) is 9.05 Å². The Bertz CT molecular complexity index is 3770. The van der Waals surface area contributed by atoms with Crippen LogP contribution in [0.5, 0.6) is 0 Å². The molecule has 3 aliphatic heterocycles. The van der Waals surface area contributed by atoms with E-state index in [0.717, 1.165) is 63.5 Å². The van der Waals surface area contributed by atoms with Gasteiger partial charge in [-0.2, -0.15) is 64.0 Å². The quantitative estimate of drug-likeness (QED) is 0.0249. The van der Waals surface area contributed by atoms with Crippen molar-refractivity contribution in [2.24, 2.45) is 0 Å². The molecular formula is C85H193ClN2NaO25P5PdS10. The van der Waals surface area contributed by atoms with Crippen LogP contribution in [-0.4, -0.2) is 268 Å². The summed E-state index contributed by atoms with van der Waals surface area (Å²) in [5.74, 6) is 0. The third kappa shape index (κ3) is 101. The zero-order valence-corrected chi connectivity index (χ0v) is 107. The van der Waals surface area contributed by atoms with Crippen molar-refractivity contribution < 1.29 is 160 Å². The van der Waals surface area contributed by atoms with Crippen molar-refractivity contribution in [1.29, 1.82) is 0 Å². The standard InChI is InChI=1S/C12H27O3PS2.C12H27O3PS.C9H21O3PS2.2C9H21O3PS.C7H9N.C6H15N.C4H10O3S.3C4H8O.C3H8O.CH3ClO2S.CH3.Na.H2O.Pd.H2S/c1-10(2)15-18(13,14)9-16(17,11(3,4)5)12(6,7)8;1-10(2)15-17(13,14)9-16(11(3,4)5)12(6,7)8;1-8(2,3)13(14,9(4,5)6)7-15(10,11)12;2*1-8(2,3)13(9(4,5)6)7-14(10,11)12;1-6-4-3-5-7(2)8-6;1-4-7(5-2)6-3;1-4(2)7-8(3,5)6;3*1-2-4-5-3-1;1-3(2)4;1-5(2,3)4;;;;;/h10H,9H2,1-8H3;10H,9H2,1-8H3;7H2,1-6H3,(H,10,11,12);2*7H2,1-6H3,(H,10,11,12);3-5H,1-2H3;4-6H2,1-3H3;4H,1-3H3;3*1-4H2;3-4H,1-2H3;1H3;1H3;;1H2;;1H2/q;;;;;;;;;;;;;-1;+1;;;. The molecule has 796 valence electrons. The first-order valence-corrected chi connectivity index (χ1v) is 65.9. The van der Waals surface area contributed by atoms with Gasteiger partial charge in [-0.15, -0.1) is 0 Å². The molecule has 4 rings (SSSR count). The van der Waals surface area contributed by atoms with Crippen LogP contribution in [0.4, 0.5) is 0 Å². The van der Waals surface area contributed by atoms with E-state index in [9.17, 15) is 58.9 Å². The fraction of sp³-hybridized carbons (Fsp3) is 0.929. The monoisotopic (exact) mass is 2280 g/mol. The summed E-state index contributed by atoms with van der Waals surface area (Å²) in [5, 5.41) is 6.93. The zero-order chi connectivity index (χ0) is 102. The smallest absolute Gasteiger partial charge is 0.870 e. The van der Waals surface area contributed by atoms with Gasteiger partial charge in [0, 0.05) is 96.2 Å². The Balaban J connectivity index is -0.0000000954. The topological polar surface area (TPSA) is 421 Å². The van der Waals surface area contributed by atoms with Crippen molar-refractivity contribution in [3.63, 3.8) is 0 Å². The fourth-order valence-electron chi connectivity index (χ4n) is 12.0. The molecule has 0 aliphatic carbocycles. The minimum Gasteiger partial charge on any atom is -0.870 e. The van der Waals surface area contributed by atoms with Crippen LogP contribution < -0.4 is 29.6 Å². The number of ether oxygens (including phenoxy) is 3. The van der Waals surface area contributed by atoms with Crippen LogP contribution in [-0.2, 0) is 141 Å². The number of nitrogens with zero attached hydrogens (tertiary/aromatic N) is 2. The maximum absolute atomic E-state index is 12.1. The van der Waals surface area contributed by atoms with Gasteiger partial charge in [0.15, 0.2) is 5.49 Å². The second-order valence-electron chi connectivity index (χ2n) is 41.6. The summed E-state index contributed by atoms with van der Waals surface area (Å²) in [5.41, 5.74) is 1.85. The van der Waals surface area contributed by atoms with Crippen LogP contribution in [0.25, 0.3) is 0 Å². The first-order valence-electron chi connectivity index (χ1n) is 42.6. The van der Waals surface area contributed by atoms with Gasteiger partial charge in [0.1, 0.15) is 11.0 Å². The molecule has 1 aromatic heterocycles. The molecule has 130 heavy (non-hydrogen) atoms. The number of hydrogen-bond acceptors (Lipinski definition) is 26. The van der Waals surface area contributed by atoms with Gasteiger partial charge in [-0.25, -0.2) is 8.42 Å². The van der Waals surface area contributed by atoms with Crippen molar-refractivity contribution in [1.82, 2.24) is 9.88 Å². The number of aliphatic hydroxyl groups excluding tert-OH is 1. The Hall–Kier alpha value is 3.21. The minimum absolute atomic E-state index is 0. The summed E-state index contributed by atoms with van der Waals surface area (Å²) < 4.78 is 209. The molecule has 0 saturated carbocycles. The van der Waals surface area contributed by atoms with E-state index in [4.69, 9.17) is 65.0 Å². The molecule has 0 bridgehead atoms. The zero-order valence-electron chi connectivity index (χ0n) is 89.6. The third-order valence-corrected chi connectivity index (χ3v) is 58.9. The Kier molecular flexibility index (Phi) is 91.4. The summed E-state index contributed by atoms with van der Waals surface area (Å²) in [7, 11) is -23.2. The predicted octanol–water partition coefficient (Wildman–Crippen LogP) is 19.8. The molecule has 0 aromatic carbocycles. The number of halogens is 1. The van der Waals surface area contributed by atoms with E-state index >= 15 is 0 Å². The second-order valence-corrected chi connectivity index (χ2v) is 80.8. The molecule has 5 N–H and O–H groups in total. The summed E-state index contributed by atoms with van der Waals surface area (Å²) in [6, 6.07) is 1.64. The molecule has 0 spiro atoms. The average molecular weight is 2280 g/mol. The third-order valence-electron chi connectivity index (χ3n) is 16.9. The maximum Gasteiger partial charge on any atom is 1.00 e. The summed E-state index contributed by atoms with van der Waals surface area (Å²) >= 11 is 11.4. The van der Waals surface area contributed by atoms with Crippen molar-refractivity contribution in [3.8, 4) is 0 Å². The number of rotatable bonds is 19. The number of pyridine rings is 1. The Morgan fingerprint density at radius 1 is 0.454 bits per heavy atom. The van der Waals surface area contributed by atoms with E-state index in [2.05, 4.69) is 87.1 Å². The van der Waals surface area contributed by atoms with Crippen LogP contribution in [0, 0.1) is 21.3 Å². The molecular weight excluding hydrogens is 2090 g/mol. The summed E-state index contributed by atoms with van der Waals surface area (Å²) in [6.07, 6.45) is 8.60. The summed E-state index contributed by atoms with van der Waals surface area (Å²) in [4.78, 5) is 6.55. The minimum atomic E-state index is -4.00. The van der Waals surface area contributed by atoms with Crippen LogP contribution >= 0.6 is 60.0 Å². The molecule has 3 aliphatic rings. The van der Waals surface area contributed by atoms with Crippen LogP contribution in [0.15, 0.2) is 18.2 Å². The fourth-order valence-corrected chi connectivity index (χ4v) is 50.5. The van der Waals surface area contributed by atoms with Crippen molar-refractivity contribution >= 4 is 153 Å². The normalized spacial score (nSPS) is 14.4. The molecule has 4 heterocycles. The molecule has 3 fully saturated rings. The van der Waals surface area contributed by atoms with E-state index in [1.54, 1.807) is 55.4 Å². The molecule has 27 nitrogen and oxygen atoms in total. The van der Waals surface area contributed by atoms with Crippen molar-refractivity contribution in [2.45, 2.75) is 412 Å². The van der Waals surface area contributed by atoms with Crippen LogP contribution in [0.1, 0.15) is 334 Å². The molecule has 0 amide bonds. The Morgan fingerprint density at radius 3 is 0.785 bits per heavy atom. The Labute approximate surface area is 863 Å². The van der Waals surface area contributed by atoms with Gasteiger partial charge in [0.25, 0.3) is 60.7 Å². The first kappa shape index (κ1) is 164. The predicted molar refractivity (Wildman–Crippen MR) is 573 cm³/mol. The molecule has 0 atom stereocenters. The van der Waals surface area contributed by atoms with E-state index < -0.39 is 106 Å². The number of aryl methyl sites for hydroxylation is 2. The molecule has 3 saturated heterocycles. The van der Waals surface area contributed by atoms with E-state index in [1.807, 2.05) is 198 Å². The SMILES string of the molecule is C1CCOC1.C1CCOC1.C1CCOC1.CC(C)(C)P(=S)(CS(=O)(=O)O)C(C)(C)C.CC(C)(C)P(CS(=O)(=O)O)C(C)(C)C.CC(C)(C)[PH+](CS(=O)(=O)O)C(C)(C)C.CC(C)O.CC(C)OS(=O)(=O)CP(=S)(C(C)(C)C)C(C)(C)C.CC(C)OS(=O)(=O)CP(C(C)(C)C)C(C)(C)C.CC(C)OS(C)(=O)=O.CCN(CC)CC.CS(=O)(=O)Cl.Cc1cccc(C)n1.S.[CH3-].[Na+].[OH-].[Pd]. The van der Waals surface area contributed by atoms with Gasteiger partial charge in [-0.05, 0) is 234 Å². The Morgan fingerprint density at radius 2 is 0.677 bits per heavy atom. The molecule has 0 radical (unpaired) electrons. The van der Waals surface area contributed by atoms with Crippen LogP contribution in [0.3, 0.4) is 0 Å². The van der Waals surface area contributed by atoms with Gasteiger partial charge in [-0.1, -0.05) is 232 Å². The van der Waals surface area contributed by atoms with E-state index in [1.165, 1.54) is 58.2 Å². The molecule has 45 heteroatoms. The summed E-state index contributed by atoms with van der Waals surface area (Å²) in [6.45, 7) is 94.7. The largest absolute Gasteiger partial charge is 1.00 e. The first-order chi connectivity index (χ1) is 54.5. The van der Waals surface area contributed by atoms with E-state index in [0.29, 0.717) is 0 Å². The van der Waals surface area contributed by atoms with Crippen molar-refractivity contribution in [2.75, 3.05) is 99.3 Å². The van der Waals surface area contributed by atoms with Gasteiger partial charge >= 0.3 is 29.6 Å². The van der Waals surface area contributed by atoms with Crippen molar-refractivity contribution in [3.05, 3.63) is 37.0 Å². The van der Waals surface area contributed by atoms with Gasteiger partial charge < -0.3 is 37.1 Å². The van der Waals surface area contributed by atoms with E-state index in [-0.39, 0.29) is 180 Å².